The van der Waals surface area contributed by atoms with Gasteiger partial charge >= 0.3 is 0 Å². The fraction of sp³-hybridized carbons (Fsp3) is 0.400. The van der Waals surface area contributed by atoms with E-state index in [1.54, 1.807) is 0 Å². The van der Waals surface area contributed by atoms with Crippen LogP contribution in [0.3, 0.4) is 0 Å². The van der Waals surface area contributed by atoms with Crippen LogP contribution in [0.2, 0.25) is 0 Å². The summed E-state index contributed by atoms with van der Waals surface area (Å²) in [6, 6.07) is 0. The maximum Gasteiger partial charge on any atom is 0.0999 e. The number of nitrogens with one attached hydrogen (secondary N) is 2. The lowest BCUT2D eigenvalue weighted by Gasteiger charge is -2.27. The van der Waals surface area contributed by atoms with E-state index in [1.807, 2.05) is 27.1 Å². The van der Waals surface area contributed by atoms with Crippen LogP contribution in [-0.2, 0) is 0 Å². The summed E-state index contributed by atoms with van der Waals surface area (Å²) in [5, 5.41) is 6.59. The van der Waals surface area contributed by atoms with Gasteiger partial charge in [0.2, 0.25) is 0 Å². The third-order valence-corrected chi connectivity index (χ3v) is 3.89. The van der Waals surface area contributed by atoms with Gasteiger partial charge in [-0.15, -0.1) is 0 Å². The first kappa shape index (κ1) is 18.9. The fourth-order valence-corrected chi connectivity index (χ4v) is 2.87. The molecule has 0 heterocycles. The monoisotopic (exact) mass is 313 g/mol. The van der Waals surface area contributed by atoms with Crippen molar-refractivity contribution >= 4 is 0 Å². The van der Waals surface area contributed by atoms with Crippen molar-refractivity contribution in [2.24, 2.45) is 0 Å². The van der Waals surface area contributed by atoms with E-state index in [4.69, 9.17) is 0 Å². The van der Waals surface area contributed by atoms with Crippen LogP contribution in [0, 0.1) is 0 Å². The molecule has 3 heteroatoms. The highest BCUT2D eigenvalue weighted by atomic mass is 15.1. The fourth-order valence-electron chi connectivity index (χ4n) is 2.87. The largest absolute Gasteiger partial charge is 0.383 e. The van der Waals surface area contributed by atoms with Crippen LogP contribution < -0.4 is 10.6 Å². The molecule has 1 aliphatic rings. The van der Waals surface area contributed by atoms with Crippen LogP contribution in [0.5, 0.6) is 0 Å². The first-order valence-electron chi connectivity index (χ1n) is 8.11. The molecule has 1 aliphatic carbocycles. The van der Waals surface area contributed by atoms with Gasteiger partial charge in [-0.05, 0) is 55.4 Å². The molecule has 0 aromatic heterocycles. The molecule has 0 spiro atoms. The third kappa shape index (κ3) is 5.20. The van der Waals surface area contributed by atoms with Crippen LogP contribution in [0.25, 0.3) is 0 Å². The molecule has 3 nitrogen and oxygen atoms in total. The predicted octanol–water partition coefficient (Wildman–Crippen LogP) is 4.58. The van der Waals surface area contributed by atoms with Crippen molar-refractivity contribution in [3.8, 4) is 0 Å². The normalized spacial score (nSPS) is 15.4. The summed E-state index contributed by atoms with van der Waals surface area (Å²) in [5.41, 5.74) is 7.28. The van der Waals surface area contributed by atoms with Crippen LogP contribution in [0.15, 0.2) is 71.5 Å². The second-order valence-corrected chi connectivity index (χ2v) is 6.20. The number of rotatable bonds is 8. The minimum atomic E-state index is 0.760. The molecule has 0 unspecified atom stereocenters. The average molecular weight is 313 g/mol. The first-order chi connectivity index (χ1) is 10.8. The maximum absolute atomic E-state index is 4.05. The van der Waals surface area contributed by atoms with E-state index >= 15 is 0 Å². The molecular formula is C20H31N3. The van der Waals surface area contributed by atoms with Gasteiger partial charge in [-0.25, -0.2) is 0 Å². The Bertz CT molecular complexity index is 586. The molecule has 0 aromatic rings. The topological polar surface area (TPSA) is 27.3 Å². The van der Waals surface area contributed by atoms with Gasteiger partial charge in [0, 0.05) is 31.7 Å². The molecular weight excluding hydrogens is 282 g/mol. The van der Waals surface area contributed by atoms with Gasteiger partial charge in [0.15, 0.2) is 0 Å². The zero-order chi connectivity index (χ0) is 17.6. The van der Waals surface area contributed by atoms with Crippen molar-refractivity contribution in [2.45, 2.75) is 40.0 Å². The Labute approximate surface area is 141 Å². The lowest BCUT2D eigenvalue weighted by molar-refractivity contribution is 0.559. The Hall–Kier alpha value is -2.16. The second-order valence-electron chi connectivity index (χ2n) is 6.20. The Balaban J connectivity index is 3.22. The van der Waals surface area contributed by atoms with Crippen molar-refractivity contribution in [2.75, 3.05) is 14.1 Å². The van der Waals surface area contributed by atoms with Gasteiger partial charge in [-0.3, -0.25) is 0 Å². The molecule has 0 aromatic carbocycles. The lowest BCUT2D eigenvalue weighted by Crippen LogP contribution is -2.26. The van der Waals surface area contributed by atoms with Gasteiger partial charge in [0.05, 0.1) is 5.82 Å². The van der Waals surface area contributed by atoms with E-state index in [-0.39, 0.29) is 0 Å². The van der Waals surface area contributed by atoms with Gasteiger partial charge in [-0.2, -0.15) is 0 Å². The number of hydrogen-bond acceptors (Lipinski definition) is 3. The lowest BCUT2D eigenvalue weighted by atomic mass is 9.85. The Morgan fingerprint density at radius 3 is 2.39 bits per heavy atom. The molecule has 0 bridgehead atoms. The predicted molar refractivity (Wildman–Crippen MR) is 101 cm³/mol. The molecule has 126 valence electrons. The molecule has 23 heavy (non-hydrogen) atoms. The highest BCUT2D eigenvalue weighted by Crippen LogP contribution is 2.34. The van der Waals surface area contributed by atoms with Crippen LogP contribution >= 0.6 is 0 Å². The first-order valence-corrected chi connectivity index (χ1v) is 8.11. The third-order valence-electron chi connectivity index (χ3n) is 3.89. The molecule has 1 rings (SSSR count). The quantitative estimate of drug-likeness (QED) is 0.642. The molecule has 0 aliphatic heterocycles. The van der Waals surface area contributed by atoms with Crippen molar-refractivity contribution in [3.05, 3.63) is 71.5 Å². The molecule has 0 saturated heterocycles. The van der Waals surface area contributed by atoms with Crippen LogP contribution in [-0.4, -0.2) is 19.0 Å². The average Bonchev–Trinajstić information content (AvgIpc) is 2.46. The Kier molecular flexibility index (Phi) is 6.95. The van der Waals surface area contributed by atoms with Gasteiger partial charge in [-0.1, -0.05) is 32.7 Å². The summed E-state index contributed by atoms with van der Waals surface area (Å²) in [6.07, 6.45) is 7.21. The minimum Gasteiger partial charge on any atom is -0.383 e. The van der Waals surface area contributed by atoms with Crippen LogP contribution in [0.1, 0.15) is 40.0 Å². The van der Waals surface area contributed by atoms with Crippen molar-refractivity contribution < 1.29 is 0 Å². The van der Waals surface area contributed by atoms with Crippen molar-refractivity contribution in [3.63, 3.8) is 0 Å². The summed E-state index contributed by atoms with van der Waals surface area (Å²) in [6.45, 7) is 18.2. The van der Waals surface area contributed by atoms with E-state index < -0.39 is 0 Å². The Morgan fingerprint density at radius 2 is 1.91 bits per heavy atom. The highest BCUT2D eigenvalue weighted by Gasteiger charge is 2.20. The number of hydrogen-bond donors (Lipinski definition) is 2. The SMILES string of the molecule is C=C/C(=C\N(C)C)C1=C(C)C(NC(=C)NC(=C)C)=C(CC)CC1. The van der Waals surface area contributed by atoms with Gasteiger partial charge < -0.3 is 15.5 Å². The second kappa shape index (κ2) is 8.47. The maximum atomic E-state index is 4.05. The molecule has 0 atom stereocenters. The minimum absolute atomic E-state index is 0.760. The highest BCUT2D eigenvalue weighted by molar-refractivity contribution is 5.52. The zero-order valence-electron chi connectivity index (χ0n) is 15.3. The van der Waals surface area contributed by atoms with E-state index in [2.05, 4.69) is 55.3 Å². The van der Waals surface area contributed by atoms with E-state index in [1.165, 1.54) is 28.0 Å². The summed E-state index contributed by atoms with van der Waals surface area (Å²) < 4.78 is 0. The summed E-state index contributed by atoms with van der Waals surface area (Å²) in [7, 11) is 4.07. The standard InChI is InChI=1S/C20H31N3/c1-9-17-11-12-19(18(10-2)13-23(7)8)15(5)20(17)22-16(6)21-14(3)4/h10,13,21-22H,2-3,6,9,11-12H2,1,4-5,7-8H3/b18-13+. The van der Waals surface area contributed by atoms with Gasteiger partial charge in [0.1, 0.15) is 0 Å². The molecule has 0 fully saturated rings. The molecule has 0 saturated carbocycles. The number of allylic oxidation sites excluding steroid dienone is 6. The van der Waals surface area contributed by atoms with Crippen LogP contribution in [0.4, 0.5) is 0 Å². The van der Waals surface area contributed by atoms with Crippen molar-refractivity contribution in [1.29, 1.82) is 0 Å². The van der Waals surface area contributed by atoms with E-state index in [9.17, 15) is 0 Å². The molecule has 2 N–H and O–H groups in total. The number of nitrogens with zero attached hydrogens (tertiary/aromatic N) is 1. The van der Waals surface area contributed by atoms with Crippen molar-refractivity contribution in [1.82, 2.24) is 15.5 Å². The zero-order valence-corrected chi connectivity index (χ0v) is 15.3. The smallest absolute Gasteiger partial charge is 0.0999 e. The summed E-state index contributed by atoms with van der Waals surface area (Å²) in [5.74, 6) is 0.760. The summed E-state index contributed by atoms with van der Waals surface area (Å²) >= 11 is 0. The van der Waals surface area contributed by atoms with Gasteiger partial charge in [0.25, 0.3) is 0 Å². The van der Waals surface area contributed by atoms with E-state index in [0.29, 0.717) is 0 Å². The molecule has 0 amide bonds. The Morgan fingerprint density at radius 1 is 1.26 bits per heavy atom. The molecule has 0 radical (unpaired) electrons. The summed E-state index contributed by atoms with van der Waals surface area (Å²) in [4.78, 5) is 2.06. The van der Waals surface area contributed by atoms with E-state index in [0.717, 1.165) is 30.8 Å².